The molecule has 9 nitrogen and oxygen atoms in total. The number of amides is 3. The number of Topliss-reactive ketones (excluding diaryl/α,β-unsaturated/α-hetero) is 1. The number of nitrogens with zero attached hydrogens (tertiary/aromatic N) is 2. The van der Waals surface area contributed by atoms with E-state index in [1.807, 2.05) is 37.3 Å². The number of aliphatic hydroxyl groups is 1. The molecule has 0 bridgehead atoms. The van der Waals surface area contributed by atoms with Crippen molar-refractivity contribution in [2.75, 3.05) is 25.0 Å². The van der Waals surface area contributed by atoms with E-state index < -0.39 is 18.0 Å². The van der Waals surface area contributed by atoms with Gasteiger partial charge < -0.3 is 25.5 Å². The molecule has 2 atom stereocenters. The summed E-state index contributed by atoms with van der Waals surface area (Å²) in [7, 11) is 0. The lowest BCUT2D eigenvalue weighted by Gasteiger charge is -2.37. The number of benzene rings is 3. The highest BCUT2D eigenvalue weighted by molar-refractivity contribution is 6.31. The zero-order valence-electron chi connectivity index (χ0n) is 26.1. The number of likely N-dealkylation sites (tertiary alicyclic amines) is 1. The van der Waals surface area contributed by atoms with Crippen LogP contribution in [0.4, 0.5) is 5.69 Å². The maximum Gasteiger partial charge on any atom is 0.246 e. The van der Waals surface area contributed by atoms with Crippen LogP contribution < -0.4 is 10.6 Å². The molecule has 0 aromatic heterocycles. The number of aryl methyl sites for hydroxylation is 1. The lowest BCUT2D eigenvalue weighted by atomic mass is 9.92. The van der Waals surface area contributed by atoms with Crippen LogP contribution in [0.3, 0.4) is 0 Å². The molecule has 5 rings (SSSR count). The van der Waals surface area contributed by atoms with Crippen molar-refractivity contribution in [2.45, 2.75) is 70.2 Å². The fourth-order valence-corrected chi connectivity index (χ4v) is 6.21. The summed E-state index contributed by atoms with van der Waals surface area (Å²) in [4.78, 5) is 57.8. The van der Waals surface area contributed by atoms with E-state index in [0.29, 0.717) is 61.6 Å². The second-order valence-electron chi connectivity index (χ2n) is 12.2. The molecule has 1 fully saturated rings. The first-order valence-electron chi connectivity index (χ1n) is 15.9. The average Bonchev–Trinajstić information content (AvgIpc) is 3.07. The second kappa shape index (κ2) is 15.5. The fourth-order valence-electron chi connectivity index (χ4n) is 6.09. The van der Waals surface area contributed by atoms with Crippen molar-refractivity contribution in [1.29, 1.82) is 0 Å². The predicted octanol–water partition coefficient (Wildman–Crippen LogP) is 4.54. The van der Waals surface area contributed by atoms with Gasteiger partial charge >= 0.3 is 0 Å². The molecule has 2 aliphatic rings. The Bertz CT molecular complexity index is 1560. The number of ketones is 1. The van der Waals surface area contributed by atoms with Gasteiger partial charge in [0.25, 0.3) is 0 Å². The van der Waals surface area contributed by atoms with Crippen LogP contribution in [0.15, 0.2) is 72.8 Å². The van der Waals surface area contributed by atoms with Gasteiger partial charge in [0.2, 0.25) is 17.7 Å². The highest BCUT2D eigenvalue weighted by Gasteiger charge is 2.36. The van der Waals surface area contributed by atoms with E-state index in [2.05, 4.69) is 15.5 Å². The van der Waals surface area contributed by atoms with Gasteiger partial charge in [-0.1, -0.05) is 66.2 Å². The first-order chi connectivity index (χ1) is 22.2. The molecule has 0 radical (unpaired) electrons. The summed E-state index contributed by atoms with van der Waals surface area (Å²) in [6, 6.07) is 20.0. The molecule has 242 valence electrons. The number of fused-ring (bicyclic) bond motifs is 1. The van der Waals surface area contributed by atoms with Crippen molar-refractivity contribution in [3.8, 4) is 0 Å². The number of rotatable bonds is 11. The summed E-state index contributed by atoms with van der Waals surface area (Å²) in [6.07, 6.45) is 1.67. The molecule has 0 spiro atoms. The van der Waals surface area contributed by atoms with Crippen LogP contribution >= 0.6 is 11.6 Å². The standard InChI is InChI=1S/C36H41ClN4O5/c1-24-21-28(11-12-30(24)37)38-35(45)31(17-20-40-18-15-29(42)16-19-40)39-36(46)32-22-26-9-5-6-10-27(26)23-41(32)34(44)14-13-33(43)25-7-3-2-4-8-25/h2-12,21,29,31-32,42H,13-20,22-23H2,1H3,(H,38,45)(H,39,46)/t31-,32?/m0/s1. The molecular formula is C36H41ClN4O5. The summed E-state index contributed by atoms with van der Waals surface area (Å²) in [5.41, 5.74) is 3.85. The molecule has 3 N–H and O–H groups in total. The fraction of sp³-hybridized carbons (Fsp3) is 0.389. The SMILES string of the molecule is Cc1cc(NC(=O)[C@H](CCN2CCC(O)CC2)NC(=O)C2Cc3ccccc3CN2C(=O)CCC(=O)c2ccccc2)ccc1Cl. The number of aliphatic hydroxyl groups excluding tert-OH is 1. The first kappa shape index (κ1) is 33.3. The number of nitrogens with one attached hydrogen (secondary N) is 2. The Labute approximate surface area is 274 Å². The highest BCUT2D eigenvalue weighted by Crippen LogP contribution is 2.25. The number of halogens is 1. The van der Waals surface area contributed by atoms with Gasteiger partial charge in [0.05, 0.1) is 6.10 Å². The van der Waals surface area contributed by atoms with Gasteiger partial charge in [0, 0.05) is 61.7 Å². The summed E-state index contributed by atoms with van der Waals surface area (Å²) in [5.74, 6) is -1.20. The molecule has 10 heteroatoms. The molecule has 2 aliphatic heterocycles. The Morgan fingerprint density at radius 3 is 2.35 bits per heavy atom. The average molecular weight is 645 g/mol. The van der Waals surface area contributed by atoms with Crippen molar-refractivity contribution < 1.29 is 24.3 Å². The predicted molar refractivity (Wildman–Crippen MR) is 178 cm³/mol. The number of carbonyl (C=O) groups excluding carboxylic acids is 4. The summed E-state index contributed by atoms with van der Waals surface area (Å²) in [6.45, 7) is 4.07. The third kappa shape index (κ3) is 8.60. The van der Waals surface area contributed by atoms with Crippen LogP contribution in [0.1, 0.15) is 59.2 Å². The minimum atomic E-state index is -0.871. The molecule has 2 heterocycles. The van der Waals surface area contributed by atoms with Crippen molar-refractivity contribution in [1.82, 2.24) is 15.1 Å². The molecule has 3 aromatic rings. The van der Waals surface area contributed by atoms with Crippen molar-refractivity contribution in [3.63, 3.8) is 0 Å². The molecule has 3 amide bonds. The van der Waals surface area contributed by atoms with Gasteiger partial charge in [-0.15, -0.1) is 0 Å². The molecule has 0 aliphatic carbocycles. The Balaban J connectivity index is 1.32. The van der Waals surface area contributed by atoms with Crippen molar-refractivity contribution >= 4 is 40.8 Å². The van der Waals surface area contributed by atoms with Crippen molar-refractivity contribution in [3.05, 3.63) is 100 Å². The largest absolute Gasteiger partial charge is 0.393 e. The van der Waals surface area contributed by atoms with Gasteiger partial charge in [0.1, 0.15) is 12.1 Å². The number of anilines is 1. The van der Waals surface area contributed by atoms with E-state index in [1.54, 1.807) is 47.4 Å². The minimum absolute atomic E-state index is 0.0275. The van der Waals surface area contributed by atoms with Crippen LogP contribution in [0.5, 0.6) is 0 Å². The van der Waals surface area contributed by atoms with E-state index in [4.69, 9.17) is 11.6 Å². The summed E-state index contributed by atoms with van der Waals surface area (Å²) < 4.78 is 0. The van der Waals surface area contributed by atoms with E-state index >= 15 is 0 Å². The summed E-state index contributed by atoms with van der Waals surface area (Å²) in [5, 5.41) is 16.4. The lowest BCUT2D eigenvalue weighted by Crippen LogP contribution is -2.56. The first-order valence-corrected chi connectivity index (χ1v) is 16.3. The van der Waals surface area contributed by atoms with Crippen LogP contribution in [-0.4, -0.2) is 76.2 Å². The number of hydrogen-bond acceptors (Lipinski definition) is 6. The smallest absolute Gasteiger partial charge is 0.246 e. The van der Waals surface area contributed by atoms with Gasteiger partial charge in [-0.2, -0.15) is 0 Å². The molecule has 1 unspecified atom stereocenters. The lowest BCUT2D eigenvalue weighted by molar-refractivity contribution is -0.142. The third-order valence-electron chi connectivity index (χ3n) is 8.88. The third-order valence-corrected chi connectivity index (χ3v) is 9.31. The Kier molecular flexibility index (Phi) is 11.2. The Hall–Kier alpha value is -4.05. The molecular weight excluding hydrogens is 604 g/mol. The van der Waals surface area contributed by atoms with Crippen LogP contribution in [-0.2, 0) is 27.3 Å². The van der Waals surface area contributed by atoms with Gasteiger partial charge in [-0.3, -0.25) is 19.2 Å². The maximum absolute atomic E-state index is 14.0. The number of piperidine rings is 1. The second-order valence-corrected chi connectivity index (χ2v) is 12.6. The topological polar surface area (TPSA) is 119 Å². The van der Waals surface area contributed by atoms with Gasteiger partial charge in [-0.05, 0) is 61.1 Å². The van der Waals surface area contributed by atoms with E-state index in [1.165, 1.54) is 0 Å². The molecule has 3 aromatic carbocycles. The number of hydrogen-bond donors (Lipinski definition) is 3. The van der Waals surface area contributed by atoms with E-state index in [9.17, 15) is 24.3 Å². The number of carbonyl (C=O) groups is 4. The van der Waals surface area contributed by atoms with Gasteiger partial charge in [-0.25, -0.2) is 0 Å². The van der Waals surface area contributed by atoms with E-state index in [-0.39, 0.29) is 43.1 Å². The zero-order chi connectivity index (χ0) is 32.6. The van der Waals surface area contributed by atoms with Crippen LogP contribution in [0, 0.1) is 6.92 Å². The quantitative estimate of drug-likeness (QED) is 0.264. The minimum Gasteiger partial charge on any atom is -0.393 e. The normalized spacial score (nSPS) is 17.5. The molecule has 1 saturated heterocycles. The molecule has 46 heavy (non-hydrogen) atoms. The zero-order valence-corrected chi connectivity index (χ0v) is 26.8. The van der Waals surface area contributed by atoms with Crippen LogP contribution in [0.2, 0.25) is 5.02 Å². The van der Waals surface area contributed by atoms with Crippen LogP contribution in [0.25, 0.3) is 0 Å². The molecule has 0 saturated carbocycles. The Morgan fingerprint density at radius 2 is 1.63 bits per heavy atom. The van der Waals surface area contributed by atoms with Gasteiger partial charge in [0.15, 0.2) is 5.78 Å². The Morgan fingerprint density at radius 1 is 0.935 bits per heavy atom. The van der Waals surface area contributed by atoms with Crippen molar-refractivity contribution in [2.24, 2.45) is 0 Å². The highest BCUT2D eigenvalue weighted by atomic mass is 35.5. The van der Waals surface area contributed by atoms with E-state index in [0.717, 1.165) is 16.7 Å². The summed E-state index contributed by atoms with van der Waals surface area (Å²) >= 11 is 6.18. The maximum atomic E-state index is 14.0. The monoisotopic (exact) mass is 644 g/mol.